The molecular weight excluding hydrogens is 222 g/mol. The van der Waals surface area contributed by atoms with Crippen molar-refractivity contribution in [1.29, 1.82) is 0 Å². The Labute approximate surface area is 111 Å². The first-order valence-corrected chi connectivity index (χ1v) is 6.49. The summed E-state index contributed by atoms with van der Waals surface area (Å²) in [4.78, 5) is 6.84. The predicted molar refractivity (Wildman–Crippen MR) is 76.0 cm³/mol. The lowest BCUT2D eigenvalue weighted by Crippen LogP contribution is -2.25. The van der Waals surface area contributed by atoms with Gasteiger partial charge in [0, 0.05) is 19.1 Å². The average molecular weight is 245 g/mol. The van der Waals surface area contributed by atoms with Crippen molar-refractivity contribution in [2.75, 3.05) is 13.1 Å². The van der Waals surface area contributed by atoms with Crippen molar-refractivity contribution in [3.8, 4) is 12.3 Å². The van der Waals surface area contributed by atoms with Gasteiger partial charge in [0.1, 0.15) is 0 Å². The van der Waals surface area contributed by atoms with Crippen LogP contribution in [0.15, 0.2) is 18.2 Å². The molecule has 0 aliphatic rings. The van der Waals surface area contributed by atoms with Gasteiger partial charge in [0.25, 0.3) is 0 Å². The van der Waals surface area contributed by atoms with Crippen molar-refractivity contribution >= 4 is 0 Å². The fourth-order valence-electron chi connectivity index (χ4n) is 1.66. The molecule has 0 fully saturated rings. The number of aromatic nitrogens is 1. The van der Waals surface area contributed by atoms with Gasteiger partial charge in [0.05, 0.1) is 17.9 Å². The van der Waals surface area contributed by atoms with Crippen LogP contribution in [0.5, 0.6) is 0 Å². The summed E-state index contributed by atoms with van der Waals surface area (Å²) in [5.74, 6) is 2.68. The molecule has 3 heteroatoms. The Morgan fingerprint density at radius 1 is 1.39 bits per heavy atom. The molecule has 0 radical (unpaired) electrons. The molecule has 0 amide bonds. The van der Waals surface area contributed by atoms with Gasteiger partial charge in [0.2, 0.25) is 0 Å². The van der Waals surface area contributed by atoms with E-state index < -0.39 is 0 Å². The molecule has 1 aromatic heterocycles. The van der Waals surface area contributed by atoms with E-state index in [1.54, 1.807) is 0 Å². The lowest BCUT2D eigenvalue weighted by Gasteiger charge is -2.17. The second kappa shape index (κ2) is 7.86. The molecule has 1 heterocycles. The largest absolute Gasteiger partial charge is 0.309 e. The summed E-state index contributed by atoms with van der Waals surface area (Å²) >= 11 is 0. The number of hydrogen-bond acceptors (Lipinski definition) is 3. The molecular formula is C15H23N3. The maximum absolute atomic E-state index is 5.35. The average Bonchev–Trinajstić information content (AvgIpc) is 2.36. The van der Waals surface area contributed by atoms with E-state index in [9.17, 15) is 0 Å². The zero-order valence-electron chi connectivity index (χ0n) is 11.6. The van der Waals surface area contributed by atoms with Gasteiger partial charge in [-0.15, -0.1) is 6.42 Å². The highest BCUT2D eigenvalue weighted by Crippen LogP contribution is 2.04. The van der Waals surface area contributed by atoms with E-state index in [2.05, 4.69) is 60.1 Å². The van der Waals surface area contributed by atoms with E-state index >= 15 is 0 Å². The maximum atomic E-state index is 5.35. The Hall–Kier alpha value is -1.37. The maximum Gasteiger partial charge on any atom is 0.0602 e. The number of hydrogen-bond donors (Lipinski definition) is 1. The number of nitrogens with zero attached hydrogens (tertiary/aromatic N) is 2. The standard InChI is InChI=1S/C15H23N3/c1-5-10-18(6-2)12-15-9-7-8-14(17-15)11-16-13(3)4/h1,7-9,13,16H,6,10-12H2,2-4H3. The van der Waals surface area contributed by atoms with E-state index in [1.807, 2.05) is 0 Å². The summed E-state index contributed by atoms with van der Waals surface area (Å²) < 4.78 is 0. The predicted octanol–water partition coefficient (Wildman–Crippen LogP) is 2.03. The Bertz CT molecular complexity index is 393. The monoisotopic (exact) mass is 245 g/mol. The van der Waals surface area contributed by atoms with Crippen LogP contribution in [0.25, 0.3) is 0 Å². The SMILES string of the molecule is C#CCN(CC)Cc1cccc(CNC(C)C)n1. The number of terminal acetylenes is 1. The fourth-order valence-corrected chi connectivity index (χ4v) is 1.66. The molecule has 0 atom stereocenters. The molecule has 1 N–H and O–H groups in total. The van der Waals surface area contributed by atoms with E-state index in [4.69, 9.17) is 6.42 Å². The molecule has 0 aliphatic heterocycles. The van der Waals surface area contributed by atoms with Crippen LogP contribution in [0.3, 0.4) is 0 Å². The third-order valence-corrected chi connectivity index (χ3v) is 2.70. The fraction of sp³-hybridized carbons (Fsp3) is 0.533. The Morgan fingerprint density at radius 2 is 2.11 bits per heavy atom. The van der Waals surface area contributed by atoms with E-state index in [0.717, 1.165) is 31.0 Å². The highest BCUT2D eigenvalue weighted by atomic mass is 15.1. The Morgan fingerprint density at radius 3 is 2.72 bits per heavy atom. The molecule has 0 saturated carbocycles. The Balaban J connectivity index is 2.61. The number of pyridine rings is 1. The van der Waals surface area contributed by atoms with Crippen LogP contribution in [0, 0.1) is 12.3 Å². The van der Waals surface area contributed by atoms with Crippen LogP contribution in [0.4, 0.5) is 0 Å². The van der Waals surface area contributed by atoms with Gasteiger partial charge in [0.15, 0.2) is 0 Å². The van der Waals surface area contributed by atoms with Crippen molar-refractivity contribution < 1.29 is 0 Å². The smallest absolute Gasteiger partial charge is 0.0602 e. The highest BCUT2D eigenvalue weighted by Gasteiger charge is 2.04. The lowest BCUT2D eigenvalue weighted by atomic mass is 10.2. The second-order valence-electron chi connectivity index (χ2n) is 4.66. The summed E-state index contributed by atoms with van der Waals surface area (Å²) in [6.45, 7) is 9.63. The van der Waals surface area contributed by atoms with Gasteiger partial charge in [-0.05, 0) is 18.7 Å². The first kappa shape index (κ1) is 14.7. The van der Waals surface area contributed by atoms with Gasteiger partial charge in [-0.3, -0.25) is 9.88 Å². The van der Waals surface area contributed by atoms with Crippen LogP contribution < -0.4 is 5.32 Å². The van der Waals surface area contributed by atoms with Crippen molar-refractivity contribution in [3.63, 3.8) is 0 Å². The normalized spacial score (nSPS) is 10.9. The summed E-state index contributed by atoms with van der Waals surface area (Å²) in [6.07, 6.45) is 5.35. The van der Waals surface area contributed by atoms with Crippen LogP contribution in [0.1, 0.15) is 32.2 Å². The van der Waals surface area contributed by atoms with Gasteiger partial charge in [-0.25, -0.2) is 0 Å². The second-order valence-corrected chi connectivity index (χ2v) is 4.66. The quantitative estimate of drug-likeness (QED) is 0.745. The van der Waals surface area contributed by atoms with E-state index in [0.29, 0.717) is 12.6 Å². The summed E-state index contributed by atoms with van der Waals surface area (Å²) in [5, 5.41) is 3.37. The molecule has 1 aromatic rings. The van der Waals surface area contributed by atoms with Crippen LogP contribution in [0.2, 0.25) is 0 Å². The molecule has 0 spiro atoms. The third-order valence-electron chi connectivity index (χ3n) is 2.70. The lowest BCUT2D eigenvalue weighted by molar-refractivity contribution is 0.312. The van der Waals surface area contributed by atoms with Gasteiger partial charge in [-0.1, -0.05) is 32.8 Å². The Kier molecular flexibility index (Phi) is 6.42. The zero-order valence-corrected chi connectivity index (χ0v) is 11.6. The topological polar surface area (TPSA) is 28.2 Å². The molecule has 3 nitrogen and oxygen atoms in total. The van der Waals surface area contributed by atoms with Crippen LogP contribution in [-0.2, 0) is 13.1 Å². The summed E-state index contributed by atoms with van der Waals surface area (Å²) in [7, 11) is 0. The number of nitrogens with one attached hydrogen (secondary N) is 1. The number of rotatable bonds is 7. The molecule has 0 unspecified atom stereocenters. The minimum Gasteiger partial charge on any atom is -0.309 e. The third kappa shape index (κ3) is 5.31. The molecule has 0 bridgehead atoms. The summed E-state index contributed by atoms with van der Waals surface area (Å²) in [5.41, 5.74) is 2.16. The van der Waals surface area contributed by atoms with Gasteiger partial charge in [-0.2, -0.15) is 0 Å². The highest BCUT2D eigenvalue weighted by molar-refractivity contribution is 5.11. The minimum absolute atomic E-state index is 0.476. The van der Waals surface area contributed by atoms with Crippen molar-refractivity contribution in [2.24, 2.45) is 0 Å². The molecule has 98 valence electrons. The van der Waals surface area contributed by atoms with Gasteiger partial charge >= 0.3 is 0 Å². The van der Waals surface area contributed by atoms with Gasteiger partial charge < -0.3 is 5.32 Å². The van der Waals surface area contributed by atoms with Crippen molar-refractivity contribution in [3.05, 3.63) is 29.6 Å². The first-order chi connectivity index (χ1) is 8.65. The van der Waals surface area contributed by atoms with E-state index in [-0.39, 0.29) is 0 Å². The molecule has 0 saturated heterocycles. The zero-order chi connectivity index (χ0) is 13.4. The van der Waals surface area contributed by atoms with E-state index in [1.165, 1.54) is 0 Å². The summed E-state index contributed by atoms with van der Waals surface area (Å²) in [6, 6.07) is 6.64. The molecule has 0 aliphatic carbocycles. The first-order valence-electron chi connectivity index (χ1n) is 6.49. The molecule has 1 rings (SSSR count). The van der Waals surface area contributed by atoms with Crippen LogP contribution >= 0.6 is 0 Å². The van der Waals surface area contributed by atoms with Crippen LogP contribution in [-0.4, -0.2) is 29.0 Å². The molecule has 18 heavy (non-hydrogen) atoms. The van der Waals surface area contributed by atoms with Crippen molar-refractivity contribution in [1.82, 2.24) is 15.2 Å². The molecule has 0 aromatic carbocycles. The van der Waals surface area contributed by atoms with Crippen molar-refractivity contribution in [2.45, 2.75) is 39.9 Å². The minimum atomic E-state index is 0.476.